The van der Waals surface area contributed by atoms with Gasteiger partial charge < -0.3 is 10.6 Å². The molecule has 0 aliphatic rings. The lowest BCUT2D eigenvalue weighted by atomic mass is 9.99. The van der Waals surface area contributed by atoms with Crippen LogP contribution in [0.1, 0.15) is 47.3 Å². The molecule has 0 radical (unpaired) electrons. The van der Waals surface area contributed by atoms with E-state index in [2.05, 4.69) is 20.3 Å². The third kappa shape index (κ3) is 5.22. The van der Waals surface area contributed by atoms with E-state index in [4.69, 9.17) is 10.7 Å². The van der Waals surface area contributed by atoms with Gasteiger partial charge in [0, 0.05) is 23.1 Å². The molecule has 35 heavy (non-hydrogen) atoms. The maximum atomic E-state index is 13.8. The molecular weight excluding hydrogens is 526 g/mol. The van der Waals surface area contributed by atoms with Crippen molar-refractivity contribution in [2.45, 2.75) is 33.4 Å². The zero-order valence-corrected chi connectivity index (χ0v) is 22.3. The van der Waals surface area contributed by atoms with Crippen LogP contribution in [0.4, 0.5) is 0 Å². The molecule has 4 aromatic rings. The summed E-state index contributed by atoms with van der Waals surface area (Å²) in [5.41, 5.74) is 8.03. The van der Waals surface area contributed by atoms with Gasteiger partial charge in [0.2, 0.25) is 0 Å². The third-order valence-electron chi connectivity index (χ3n) is 5.93. The lowest BCUT2D eigenvalue weighted by Gasteiger charge is -2.35. The fraction of sp³-hybridized carbons (Fsp3) is 0.308. The molecule has 1 amide bonds. The second-order valence-corrected chi connectivity index (χ2v) is 10.4. The smallest absolute Gasteiger partial charge is 0.264 e. The minimum Gasteiger partial charge on any atom is -0.329 e. The number of rotatable bonds is 8. The highest BCUT2D eigenvalue weighted by atomic mass is 79.9. The molecule has 182 valence electrons. The van der Waals surface area contributed by atoms with E-state index in [9.17, 15) is 9.59 Å². The van der Waals surface area contributed by atoms with Crippen LogP contribution >= 0.6 is 27.5 Å². The molecule has 2 aromatic carbocycles. The van der Waals surface area contributed by atoms with Gasteiger partial charge in [-0.15, -0.1) is 0 Å². The van der Waals surface area contributed by atoms with E-state index in [-0.39, 0.29) is 23.9 Å². The van der Waals surface area contributed by atoms with Gasteiger partial charge in [-0.05, 0) is 54.2 Å². The van der Waals surface area contributed by atoms with Gasteiger partial charge in [0.25, 0.3) is 11.5 Å². The van der Waals surface area contributed by atoms with Crippen LogP contribution in [0.15, 0.2) is 63.9 Å². The van der Waals surface area contributed by atoms with E-state index in [1.54, 1.807) is 21.6 Å². The van der Waals surface area contributed by atoms with E-state index >= 15 is 0 Å². The summed E-state index contributed by atoms with van der Waals surface area (Å²) in [5, 5.41) is 0.529. The molecule has 0 fully saturated rings. The number of carbonyl (C=O) groups is 1. The van der Waals surface area contributed by atoms with E-state index in [1.807, 2.05) is 63.2 Å². The van der Waals surface area contributed by atoms with Crippen LogP contribution < -0.4 is 11.3 Å². The molecule has 2 N–H and O–H groups in total. The summed E-state index contributed by atoms with van der Waals surface area (Å²) in [6, 6.07) is 16.6. The summed E-state index contributed by atoms with van der Waals surface area (Å²) in [6.07, 6.45) is 0. The van der Waals surface area contributed by atoms with Crippen molar-refractivity contribution < 1.29 is 4.79 Å². The molecule has 9 heteroatoms. The predicted octanol–water partition coefficient (Wildman–Crippen LogP) is 4.77. The van der Waals surface area contributed by atoms with Crippen LogP contribution in [0.2, 0.25) is 0 Å². The maximum absolute atomic E-state index is 13.8. The molecule has 0 saturated carbocycles. The topological polar surface area (TPSA) is 94.1 Å². The first kappa shape index (κ1) is 25.2. The van der Waals surface area contributed by atoms with Crippen molar-refractivity contribution in [3.05, 3.63) is 92.1 Å². The van der Waals surface area contributed by atoms with Gasteiger partial charge in [0.15, 0.2) is 4.83 Å². The fourth-order valence-corrected chi connectivity index (χ4v) is 5.33. The van der Waals surface area contributed by atoms with Gasteiger partial charge in [-0.25, -0.2) is 4.98 Å². The average Bonchev–Trinajstić information content (AvgIpc) is 3.22. The lowest BCUT2D eigenvalue weighted by molar-refractivity contribution is 0.0612. The van der Waals surface area contributed by atoms with Crippen molar-refractivity contribution in [3.63, 3.8) is 0 Å². The Labute approximate surface area is 216 Å². The molecule has 4 rings (SSSR count). The Hall–Kier alpha value is -2.88. The van der Waals surface area contributed by atoms with Crippen LogP contribution in [0, 0.1) is 12.8 Å². The van der Waals surface area contributed by atoms with Gasteiger partial charge in [-0.3, -0.25) is 14.2 Å². The van der Waals surface area contributed by atoms with Crippen molar-refractivity contribution >= 4 is 43.6 Å². The third-order valence-corrected chi connectivity index (χ3v) is 7.30. The number of aryl methyl sites for hydroxylation is 1. The number of fused-ring (bicyclic) bond motifs is 1. The van der Waals surface area contributed by atoms with Gasteiger partial charge >= 0.3 is 0 Å². The van der Waals surface area contributed by atoms with Crippen molar-refractivity contribution in [2.75, 3.05) is 13.1 Å². The quantitative estimate of drug-likeness (QED) is 0.339. The molecule has 0 spiro atoms. The number of halogens is 1. The minimum absolute atomic E-state index is 0.0265. The van der Waals surface area contributed by atoms with Crippen LogP contribution in [-0.4, -0.2) is 37.8 Å². The number of hydrogen-bond donors (Lipinski definition) is 1. The van der Waals surface area contributed by atoms with Crippen LogP contribution in [0.3, 0.4) is 0 Å². The fourth-order valence-electron chi connectivity index (χ4n) is 4.29. The highest BCUT2D eigenvalue weighted by molar-refractivity contribution is 9.10. The Bertz CT molecular complexity index is 1380. The Morgan fingerprint density at radius 1 is 1.14 bits per heavy atom. The Morgan fingerprint density at radius 3 is 2.46 bits per heavy atom. The predicted molar refractivity (Wildman–Crippen MR) is 144 cm³/mol. The Kier molecular flexibility index (Phi) is 7.78. The number of benzene rings is 2. The molecule has 0 saturated heterocycles. The largest absolute Gasteiger partial charge is 0.329 e. The summed E-state index contributed by atoms with van der Waals surface area (Å²) in [4.78, 5) is 34.8. The second-order valence-electron chi connectivity index (χ2n) is 8.78. The van der Waals surface area contributed by atoms with E-state index in [1.165, 1.54) is 11.5 Å². The van der Waals surface area contributed by atoms with Crippen molar-refractivity contribution in [1.29, 1.82) is 0 Å². The van der Waals surface area contributed by atoms with Crippen LogP contribution in [0.25, 0.3) is 10.2 Å². The van der Waals surface area contributed by atoms with E-state index < -0.39 is 6.04 Å². The molecule has 0 bridgehead atoms. The summed E-state index contributed by atoms with van der Waals surface area (Å²) >= 11 is 4.64. The number of amides is 1. The number of hydrogen-bond acceptors (Lipinski definition) is 6. The summed E-state index contributed by atoms with van der Waals surface area (Å²) in [7, 11) is 0. The molecule has 7 nitrogen and oxygen atoms in total. The summed E-state index contributed by atoms with van der Waals surface area (Å²) in [5.74, 6) is 0.369. The normalized spacial score (nSPS) is 12.3. The molecule has 1 unspecified atom stereocenters. The molecule has 0 aliphatic heterocycles. The van der Waals surface area contributed by atoms with Crippen molar-refractivity contribution in [1.82, 2.24) is 18.8 Å². The average molecular weight is 555 g/mol. The zero-order chi connectivity index (χ0) is 25.1. The number of nitrogens with two attached hydrogens (primary N) is 1. The highest BCUT2D eigenvalue weighted by Crippen LogP contribution is 2.31. The molecule has 2 heterocycles. The highest BCUT2D eigenvalue weighted by Gasteiger charge is 2.33. The standard InChI is InChI=1S/C26H28BrN5O2S/c1-16(2)22(31(14-13-28)25(33)19-9-11-20(27)12-10-19)23-29-24-21(17(3)30-35-24)26(34)32(23)15-18-7-5-4-6-8-18/h4-12,16,22H,13-15,28H2,1-3H3. The van der Waals surface area contributed by atoms with Crippen molar-refractivity contribution in [3.8, 4) is 0 Å². The summed E-state index contributed by atoms with van der Waals surface area (Å²) in [6.45, 7) is 6.86. The SMILES string of the molecule is Cc1nsc2nc(C(C(C)C)N(CCN)C(=O)c3ccc(Br)cc3)n(Cc3ccccc3)c(=O)c12. The van der Waals surface area contributed by atoms with E-state index in [0.717, 1.165) is 10.0 Å². The molecular formula is C26H28BrN5O2S. The molecule has 0 aliphatic carbocycles. The van der Waals surface area contributed by atoms with Gasteiger partial charge in [-0.1, -0.05) is 60.1 Å². The van der Waals surface area contributed by atoms with Gasteiger partial charge in [0.1, 0.15) is 5.82 Å². The van der Waals surface area contributed by atoms with Crippen LogP contribution in [-0.2, 0) is 6.54 Å². The minimum atomic E-state index is -0.460. The zero-order valence-electron chi connectivity index (χ0n) is 19.9. The number of aromatic nitrogens is 3. The summed E-state index contributed by atoms with van der Waals surface area (Å²) < 4.78 is 6.97. The number of nitrogens with zero attached hydrogens (tertiary/aromatic N) is 4. The number of carbonyl (C=O) groups excluding carboxylic acids is 1. The first-order valence-corrected chi connectivity index (χ1v) is 13.1. The molecule has 2 aromatic heterocycles. The maximum Gasteiger partial charge on any atom is 0.264 e. The first-order chi connectivity index (χ1) is 16.8. The Balaban J connectivity index is 1.91. The monoisotopic (exact) mass is 553 g/mol. The van der Waals surface area contributed by atoms with Gasteiger partial charge in [-0.2, -0.15) is 4.37 Å². The van der Waals surface area contributed by atoms with Crippen LogP contribution in [0.5, 0.6) is 0 Å². The molecule has 1 atom stereocenters. The first-order valence-electron chi connectivity index (χ1n) is 11.5. The van der Waals surface area contributed by atoms with Crippen molar-refractivity contribution in [2.24, 2.45) is 11.7 Å². The van der Waals surface area contributed by atoms with Gasteiger partial charge in [0.05, 0.1) is 23.7 Å². The lowest BCUT2D eigenvalue weighted by Crippen LogP contribution is -2.43. The Morgan fingerprint density at radius 2 is 1.83 bits per heavy atom. The second kappa shape index (κ2) is 10.8. The van der Waals surface area contributed by atoms with E-state index in [0.29, 0.717) is 40.4 Å².